The molecule has 7 nitrogen and oxygen atoms in total. The highest BCUT2D eigenvalue weighted by Gasteiger charge is 2.31. The monoisotopic (exact) mass is 401 g/mol. The fourth-order valence-electron chi connectivity index (χ4n) is 3.70. The molecule has 0 saturated carbocycles. The zero-order valence-electron chi connectivity index (χ0n) is 15.3. The van der Waals surface area contributed by atoms with Crippen LogP contribution in [-0.4, -0.2) is 38.6 Å². The number of carbonyl (C=O) groups is 1. The topological polar surface area (TPSA) is 88.6 Å². The number of piperidine rings is 1. The average Bonchev–Trinajstić information content (AvgIpc) is 3.12. The van der Waals surface area contributed by atoms with Crippen molar-refractivity contribution >= 4 is 28.5 Å². The molecular weight excluding hydrogens is 382 g/mol. The van der Waals surface area contributed by atoms with Crippen molar-refractivity contribution in [3.8, 4) is 0 Å². The number of benzene rings is 1. The first kappa shape index (κ1) is 18.7. The SMILES string of the molecule is Cn1ccnc1C(O)C1CCN(C(=O)c2cc3cc(Cl)ccc3oc2=O)CC1. The van der Waals surface area contributed by atoms with Gasteiger partial charge in [0.15, 0.2) is 0 Å². The van der Waals surface area contributed by atoms with Crippen LogP contribution in [0.2, 0.25) is 5.02 Å². The van der Waals surface area contributed by atoms with E-state index in [4.69, 9.17) is 16.0 Å². The summed E-state index contributed by atoms with van der Waals surface area (Å²) in [6, 6.07) is 6.43. The summed E-state index contributed by atoms with van der Waals surface area (Å²) < 4.78 is 7.07. The molecule has 3 heterocycles. The van der Waals surface area contributed by atoms with Crippen LogP contribution in [0.5, 0.6) is 0 Å². The van der Waals surface area contributed by atoms with Gasteiger partial charge >= 0.3 is 5.63 Å². The highest BCUT2D eigenvalue weighted by Crippen LogP contribution is 2.30. The van der Waals surface area contributed by atoms with Crippen LogP contribution in [0.15, 0.2) is 45.9 Å². The Bertz CT molecular complexity index is 1080. The molecule has 0 spiro atoms. The minimum Gasteiger partial charge on any atom is -0.422 e. The Hall–Kier alpha value is -2.64. The van der Waals surface area contributed by atoms with E-state index >= 15 is 0 Å². The quantitative estimate of drug-likeness (QED) is 0.682. The van der Waals surface area contributed by atoms with Gasteiger partial charge in [-0.25, -0.2) is 9.78 Å². The van der Waals surface area contributed by atoms with Crippen molar-refractivity contribution in [3.05, 3.63) is 63.5 Å². The third kappa shape index (κ3) is 3.43. The van der Waals surface area contributed by atoms with Gasteiger partial charge in [0, 0.05) is 42.9 Å². The Morgan fingerprint density at radius 3 is 2.75 bits per heavy atom. The molecule has 1 fully saturated rings. The minimum atomic E-state index is -0.676. The predicted molar refractivity (Wildman–Crippen MR) is 104 cm³/mol. The van der Waals surface area contributed by atoms with E-state index < -0.39 is 11.7 Å². The van der Waals surface area contributed by atoms with Crippen molar-refractivity contribution in [2.24, 2.45) is 13.0 Å². The summed E-state index contributed by atoms with van der Waals surface area (Å²) in [5.41, 5.74) is -0.268. The molecule has 1 aliphatic rings. The van der Waals surface area contributed by atoms with E-state index in [0.717, 1.165) is 0 Å². The van der Waals surface area contributed by atoms with Crippen molar-refractivity contribution < 1.29 is 14.3 Å². The standard InChI is InChI=1S/C20H20ClN3O4/c1-23-9-6-22-18(23)17(25)12-4-7-24(8-5-12)19(26)15-11-13-10-14(21)2-3-16(13)28-20(15)27/h2-3,6,9-12,17,25H,4-5,7-8H2,1H3. The number of imidazole rings is 1. The number of aromatic nitrogens is 2. The minimum absolute atomic E-state index is 0.00198. The Morgan fingerprint density at radius 2 is 2.07 bits per heavy atom. The van der Waals surface area contributed by atoms with Crippen molar-refractivity contribution in [1.29, 1.82) is 0 Å². The van der Waals surface area contributed by atoms with Gasteiger partial charge in [0.1, 0.15) is 23.1 Å². The molecule has 0 radical (unpaired) electrons. The maximum atomic E-state index is 12.9. The summed E-state index contributed by atoms with van der Waals surface area (Å²) in [6.45, 7) is 0.913. The molecule has 3 aromatic rings. The number of rotatable bonds is 3. The van der Waals surface area contributed by atoms with Crippen LogP contribution < -0.4 is 5.63 Å². The Labute approximate surface area is 166 Å². The number of aliphatic hydroxyl groups is 1. The molecule has 0 bridgehead atoms. The number of carbonyl (C=O) groups excluding carboxylic acids is 1. The van der Waals surface area contributed by atoms with Gasteiger partial charge < -0.3 is 19.0 Å². The predicted octanol–water partition coefficient (Wildman–Crippen LogP) is 2.77. The molecule has 146 valence electrons. The first-order chi connectivity index (χ1) is 13.4. The number of hydrogen-bond acceptors (Lipinski definition) is 5. The molecule has 4 rings (SSSR count). The van der Waals surface area contributed by atoms with E-state index in [1.165, 1.54) is 6.07 Å². The molecule has 1 unspecified atom stereocenters. The first-order valence-corrected chi connectivity index (χ1v) is 9.50. The lowest BCUT2D eigenvalue weighted by Gasteiger charge is -2.33. The number of halogens is 1. The van der Waals surface area contributed by atoms with Crippen LogP contribution in [0, 0.1) is 5.92 Å². The third-order valence-corrected chi connectivity index (χ3v) is 5.56. The maximum absolute atomic E-state index is 12.9. The van der Waals surface area contributed by atoms with E-state index in [9.17, 15) is 14.7 Å². The summed E-state index contributed by atoms with van der Waals surface area (Å²) >= 11 is 5.99. The third-order valence-electron chi connectivity index (χ3n) is 5.32. The lowest BCUT2D eigenvalue weighted by molar-refractivity contribution is 0.0418. The average molecular weight is 402 g/mol. The Balaban J connectivity index is 1.50. The zero-order chi connectivity index (χ0) is 19.8. The van der Waals surface area contributed by atoms with E-state index in [1.54, 1.807) is 40.1 Å². The van der Waals surface area contributed by atoms with Crippen molar-refractivity contribution in [3.63, 3.8) is 0 Å². The van der Waals surface area contributed by atoms with Gasteiger partial charge in [0.05, 0.1) is 0 Å². The number of amides is 1. The van der Waals surface area contributed by atoms with Gasteiger partial charge in [0.25, 0.3) is 5.91 Å². The van der Waals surface area contributed by atoms with Gasteiger partial charge in [-0.05, 0) is 43.0 Å². The largest absolute Gasteiger partial charge is 0.422 e. The highest BCUT2D eigenvalue weighted by atomic mass is 35.5. The summed E-state index contributed by atoms with van der Waals surface area (Å²) in [5.74, 6) is 0.273. The normalized spacial score (nSPS) is 16.5. The van der Waals surface area contributed by atoms with Gasteiger partial charge in [0.2, 0.25) is 0 Å². The summed E-state index contributed by atoms with van der Waals surface area (Å²) in [5, 5.41) is 11.7. The number of likely N-dealkylation sites (tertiary alicyclic amines) is 1. The van der Waals surface area contributed by atoms with Gasteiger partial charge in [-0.15, -0.1) is 0 Å². The second kappa shape index (κ2) is 7.41. The number of nitrogens with zero attached hydrogens (tertiary/aromatic N) is 3. The molecule has 28 heavy (non-hydrogen) atoms. The van der Waals surface area contributed by atoms with Crippen molar-refractivity contribution in [1.82, 2.24) is 14.5 Å². The molecule has 1 aliphatic heterocycles. The van der Waals surface area contributed by atoms with Crippen LogP contribution >= 0.6 is 11.6 Å². The second-order valence-corrected chi connectivity index (χ2v) is 7.54. The summed E-state index contributed by atoms with van der Waals surface area (Å²) in [7, 11) is 1.84. The summed E-state index contributed by atoms with van der Waals surface area (Å²) in [4.78, 5) is 31.0. The molecule has 0 aliphatic carbocycles. The number of aliphatic hydroxyl groups excluding tert-OH is 1. The van der Waals surface area contributed by atoms with Crippen LogP contribution in [-0.2, 0) is 7.05 Å². The van der Waals surface area contributed by atoms with Crippen LogP contribution in [0.3, 0.4) is 0 Å². The van der Waals surface area contributed by atoms with E-state index in [2.05, 4.69) is 4.98 Å². The second-order valence-electron chi connectivity index (χ2n) is 7.10. The molecule has 1 amide bonds. The zero-order valence-corrected chi connectivity index (χ0v) is 16.1. The van der Waals surface area contributed by atoms with Crippen LogP contribution in [0.1, 0.15) is 35.1 Å². The fourth-order valence-corrected chi connectivity index (χ4v) is 3.89. The molecule has 1 saturated heterocycles. The highest BCUT2D eigenvalue weighted by molar-refractivity contribution is 6.31. The maximum Gasteiger partial charge on any atom is 0.349 e. The lowest BCUT2D eigenvalue weighted by Crippen LogP contribution is -2.41. The first-order valence-electron chi connectivity index (χ1n) is 9.12. The molecule has 1 aromatic carbocycles. The Morgan fingerprint density at radius 1 is 1.32 bits per heavy atom. The van der Waals surface area contributed by atoms with Crippen molar-refractivity contribution in [2.75, 3.05) is 13.1 Å². The molecular formula is C20H20ClN3O4. The Kier molecular flexibility index (Phi) is 4.95. The van der Waals surface area contributed by atoms with E-state index in [0.29, 0.717) is 47.7 Å². The smallest absolute Gasteiger partial charge is 0.349 e. The van der Waals surface area contributed by atoms with Gasteiger partial charge in [-0.1, -0.05) is 11.6 Å². The number of fused-ring (bicyclic) bond motifs is 1. The lowest BCUT2D eigenvalue weighted by atomic mass is 9.90. The molecule has 2 aromatic heterocycles. The summed E-state index contributed by atoms with van der Waals surface area (Å²) in [6.07, 6.45) is 4.03. The van der Waals surface area contributed by atoms with Gasteiger partial charge in [-0.2, -0.15) is 0 Å². The number of aryl methyl sites for hydroxylation is 1. The molecule has 1 N–H and O–H groups in total. The van der Waals surface area contributed by atoms with E-state index in [1.807, 2.05) is 7.05 Å². The van der Waals surface area contributed by atoms with Crippen molar-refractivity contribution in [2.45, 2.75) is 18.9 Å². The van der Waals surface area contributed by atoms with Crippen LogP contribution in [0.25, 0.3) is 11.0 Å². The molecule has 1 atom stereocenters. The van der Waals surface area contributed by atoms with Gasteiger partial charge in [-0.3, -0.25) is 4.79 Å². The molecule has 8 heteroatoms. The number of hydrogen-bond donors (Lipinski definition) is 1. The van der Waals surface area contributed by atoms with E-state index in [-0.39, 0.29) is 17.4 Å². The van der Waals surface area contributed by atoms with Crippen LogP contribution in [0.4, 0.5) is 0 Å². The fraction of sp³-hybridized carbons (Fsp3) is 0.350.